The molecule has 1 fully saturated rings. The molecule has 0 unspecified atom stereocenters. The normalized spacial score (nSPS) is 13.7. The Kier molecular flexibility index (Phi) is 6.20. The van der Waals surface area contributed by atoms with E-state index in [1.54, 1.807) is 18.2 Å². The minimum absolute atomic E-state index is 0.0929. The molecule has 0 aromatic heterocycles. The fraction of sp³-hybridized carbons (Fsp3) is 0.300. The van der Waals surface area contributed by atoms with Crippen LogP contribution in [0, 0.1) is 10.1 Å². The number of carbonyl (C=O) groups is 1. The number of likely N-dealkylation sites (tertiary alicyclic amines) is 1. The summed E-state index contributed by atoms with van der Waals surface area (Å²) < 4.78 is 10.8. The third-order valence-corrected chi connectivity index (χ3v) is 5.06. The molecule has 3 rings (SSSR count). The number of rotatable bonds is 5. The number of hydrogen-bond acceptors (Lipinski definition) is 6. The monoisotopic (exact) mass is 400 g/mol. The first-order valence-corrected chi connectivity index (χ1v) is 9.34. The number of nitro groups is 1. The number of nitrogens with zero attached hydrogens (tertiary/aromatic N) is 2. The molecule has 8 heteroatoms. The van der Waals surface area contributed by atoms with Gasteiger partial charge in [-0.25, -0.2) is 4.79 Å². The Bertz CT molecular complexity index is 892. The molecule has 146 valence electrons. The lowest BCUT2D eigenvalue weighted by atomic mass is 10.1. The van der Waals surface area contributed by atoms with Gasteiger partial charge in [-0.1, -0.05) is 12.2 Å². The van der Waals surface area contributed by atoms with Gasteiger partial charge in [0.05, 0.1) is 17.6 Å². The van der Waals surface area contributed by atoms with E-state index in [4.69, 9.17) is 21.7 Å². The van der Waals surface area contributed by atoms with Crippen LogP contribution in [0.4, 0.5) is 5.69 Å². The molecule has 1 aliphatic heterocycles. The van der Waals surface area contributed by atoms with E-state index >= 15 is 0 Å². The zero-order chi connectivity index (χ0) is 20.1. The number of hydrogen-bond donors (Lipinski definition) is 0. The largest absolute Gasteiger partial charge is 0.493 e. The van der Waals surface area contributed by atoms with E-state index in [9.17, 15) is 14.9 Å². The third kappa shape index (κ3) is 4.45. The highest BCUT2D eigenvalue weighted by atomic mass is 32.1. The predicted molar refractivity (Wildman–Crippen MR) is 108 cm³/mol. The standard InChI is InChI=1S/C20H20N2O5S/c1-26-18-13-15(19(28)21-11-3-2-4-12-21)7-10-17(18)27-20(23)14-5-8-16(9-6-14)22(24)25/h5-10,13H,2-4,11-12H2,1H3. The molecule has 1 aliphatic rings. The van der Waals surface area contributed by atoms with Gasteiger partial charge in [0.2, 0.25) is 0 Å². The van der Waals surface area contributed by atoms with Crippen LogP contribution in [0.5, 0.6) is 11.5 Å². The number of esters is 1. The van der Waals surface area contributed by atoms with E-state index in [1.165, 1.54) is 37.8 Å². The van der Waals surface area contributed by atoms with Crippen LogP contribution < -0.4 is 9.47 Å². The lowest BCUT2D eigenvalue weighted by molar-refractivity contribution is -0.384. The van der Waals surface area contributed by atoms with Crippen molar-refractivity contribution in [3.8, 4) is 11.5 Å². The van der Waals surface area contributed by atoms with Crippen LogP contribution in [0.1, 0.15) is 35.2 Å². The second-order valence-corrected chi connectivity index (χ2v) is 6.80. The van der Waals surface area contributed by atoms with Gasteiger partial charge in [0, 0.05) is 30.8 Å². The minimum Gasteiger partial charge on any atom is -0.493 e. The SMILES string of the molecule is COc1cc(C(=S)N2CCCCC2)ccc1OC(=O)c1ccc([N+](=O)[O-])cc1. The van der Waals surface area contributed by atoms with Gasteiger partial charge < -0.3 is 14.4 Å². The van der Waals surface area contributed by atoms with Crippen molar-refractivity contribution in [2.45, 2.75) is 19.3 Å². The molecule has 0 spiro atoms. The van der Waals surface area contributed by atoms with Gasteiger partial charge in [0.1, 0.15) is 4.99 Å². The smallest absolute Gasteiger partial charge is 0.343 e. The molecule has 0 amide bonds. The van der Waals surface area contributed by atoms with E-state index in [2.05, 4.69) is 4.90 Å². The maximum atomic E-state index is 12.3. The quantitative estimate of drug-likeness (QED) is 0.247. The summed E-state index contributed by atoms with van der Waals surface area (Å²) in [5.41, 5.74) is 0.953. The Labute approximate surface area is 168 Å². The van der Waals surface area contributed by atoms with Crippen molar-refractivity contribution in [1.82, 2.24) is 4.90 Å². The number of methoxy groups -OCH3 is 1. The van der Waals surface area contributed by atoms with Gasteiger partial charge >= 0.3 is 5.97 Å². The molecule has 0 atom stereocenters. The first-order chi connectivity index (χ1) is 13.5. The summed E-state index contributed by atoms with van der Waals surface area (Å²) >= 11 is 5.60. The Hall–Kier alpha value is -3.00. The molecular formula is C20H20N2O5S. The molecule has 0 radical (unpaired) electrons. The lowest BCUT2D eigenvalue weighted by Gasteiger charge is -2.29. The van der Waals surface area contributed by atoms with E-state index < -0.39 is 10.9 Å². The summed E-state index contributed by atoms with van der Waals surface area (Å²) in [5, 5.41) is 10.7. The van der Waals surface area contributed by atoms with Crippen molar-refractivity contribution in [1.29, 1.82) is 0 Å². The van der Waals surface area contributed by atoms with E-state index in [-0.39, 0.29) is 17.0 Å². The molecule has 7 nitrogen and oxygen atoms in total. The number of carbonyl (C=O) groups excluding carboxylic acids is 1. The van der Waals surface area contributed by atoms with Crippen LogP contribution in [-0.4, -0.2) is 41.0 Å². The highest BCUT2D eigenvalue weighted by molar-refractivity contribution is 7.80. The number of thiocarbonyl (C=S) groups is 1. The maximum absolute atomic E-state index is 12.3. The Morgan fingerprint density at radius 2 is 1.68 bits per heavy atom. The Morgan fingerprint density at radius 1 is 1.04 bits per heavy atom. The summed E-state index contributed by atoms with van der Waals surface area (Å²) in [6.45, 7) is 1.88. The van der Waals surface area contributed by atoms with Crippen molar-refractivity contribution >= 4 is 28.9 Å². The predicted octanol–water partition coefficient (Wildman–Crippen LogP) is 3.98. The number of non-ortho nitro benzene ring substituents is 1. The van der Waals surface area contributed by atoms with Crippen LogP contribution in [0.3, 0.4) is 0 Å². The molecule has 28 heavy (non-hydrogen) atoms. The van der Waals surface area contributed by atoms with Gasteiger partial charge in [-0.2, -0.15) is 0 Å². The topological polar surface area (TPSA) is 81.9 Å². The highest BCUT2D eigenvalue weighted by Crippen LogP contribution is 2.30. The summed E-state index contributed by atoms with van der Waals surface area (Å²) in [4.78, 5) is 25.5. The zero-order valence-electron chi connectivity index (χ0n) is 15.4. The Balaban J connectivity index is 1.75. The first-order valence-electron chi connectivity index (χ1n) is 8.93. The van der Waals surface area contributed by atoms with Crippen LogP contribution in [0.2, 0.25) is 0 Å². The van der Waals surface area contributed by atoms with Crippen molar-refractivity contribution in [3.05, 3.63) is 63.7 Å². The first kappa shape index (κ1) is 19.8. The Morgan fingerprint density at radius 3 is 2.29 bits per heavy atom. The van der Waals surface area contributed by atoms with Gasteiger partial charge in [-0.05, 0) is 49.6 Å². The summed E-state index contributed by atoms with van der Waals surface area (Å²) in [5.74, 6) is 0.0303. The molecule has 2 aromatic carbocycles. The van der Waals surface area contributed by atoms with Crippen LogP contribution in [0.25, 0.3) is 0 Å². The molecular weight excluding hydrogens is 380 g/mol. The van der Waals surface area contributed by atoms with Gasteiger partial charge in [0.25, 0.3) is 5.69 Å². The van der Waals surface area contributed by atoms with Crippen molar-refractivity contribution < 1.29 is 19.2 Å². The molecule has 0 N–H and O–H groups in total. The molecule has 0 saturated carbocycles. The maximum Gasteiger partial charge on any atom is 0.343 e. The summed E-state index contributed by atoms with van der Waals surface area (Å²) in [6, 6.07) is 10.4. The fourth-order valence-corrected chi connectivity index (χ4v) is 3.35. The highest BCUT2D eigenvalue weighted by Gasteiger charge is 2.18. The fourth-order valence-electron chi connectivity index (χ4n) is 3.04. The second-order valence-electron chi connectivity index (χ2n) is 6.41. The molecule has 1 saturated heterocycles. The van der Waals surface area contributed by atoms with Crippen LogP contribution in [0.15, 0.2) is 42.5 Å². The average Bonchev–Trinajstić information content (AvgIpc) is 2.74. The van der Waals surface area contributed by atoms with Gasteiger partial charge in [-0.15, -0.1) is 0 Å². The van der Waals surface area contributed by atoms with Crippen molar-refractivity contribution in [2.75, 3.05) is 20.2 Å². The minimum atomic E-state index is -0.625. The van der Waals surface area contributed by atoms with Crippen LogP contribution in [-0.2, 0) is 0 Å². The average molecular weight is 400 g/mol. The second kappa shape index (κ2) is 8.79. The van der Waals surface area contributed by atoms with E-state index in [1.807, 2.05) is 0 Å². The molecule has 0 aliphatic carbocycles. The summed E-state index contributed by atoms with van der Waals surface area (Å²) in [7, 11) is 1.49. The third-order valence-electron chi connectivity index (χ3n) is 4.57. The van der Waals surface area contributed by atoms with Gasteiger partial charge in [-0.3, -0.25) is 10.1 Å². The number of piperidine rings is 1. The lowest BCUT2D eigenvalue weighted by Crippen LogP contribution is -2.34. The van der Waals surface area contributed by atoms with Gasteiger partial charge in [0.15, 0.2) is 11.5 Å². The number of benzene rings is 2. The van der Waals surface area contributed by atoms with E-state index in [0.29, 0.717) is 5.75 Å². The zero-order valence-corrected chi connectivity index (χ0v) is 16.2. The molecule has 0 bridgehead atoms. The number of nitro benzene ring substituents is 1. The van der Waals surface area contributed by atoms with Crippen molar-refractivity contribution in [3.63, 3.8) is 0 Å². The summed E-state index contributed by atoms with van der Waals surface area (Å²) in [6.07, 6.45) is 3.48. The van der Waals surface area contributed by atoms with Crippen molar-refractivity contribution in [2.24, 2.45) is 0 Å². The molecule has 1 heterocycles. The van der Waals surface area contributed by atoms with Crippen LogP contribution >= 0.6 is 12.2 Å². The molecule has 2 aromatic rings. The van der Waals surface area contributed by atoms with E-state index in [0.717, 1.165) is 36.5 Å². The number of ether oxygens (including phenoxy) is 2.